The van der Waals surface area contributed by atoms with Crippen molar-refractivity contribution in [2.24, 2.45) is 5.92 Å². The Morgan fingerprint density at radius 2 is 1.87 bits per heavy atom. The SMILES string of the molecule is CN(C)C=CC(=O)OC(=O)C1CCCC1. The summed E-state index contributed by atoms with van der Waals surface area (Å²) < 4.78 is 4.69. The minimum Gasteiger partial charge on any atom is -0.390 e. The average molecular weight is 211 g/mol. The normalized spacial score (nSPS) is 16.9. The zero-order chi connectivity index (χ0) is 11.3. The van der Waals surface area contributed by atoms with Gasteiger partial charge in [-0.25, -0.2) is 4.79 Å². The Hall–Kier alpha value is -1.32. The fourth-order valence-corrected chi connectivity index (χ4v) is 1.59. The lowest BCUT2D eigenvalue weighted by atomic mass is 10.1. The Kier molecular flexibility index (Phi) is 4.34. The van der Waals surface area contributed by atoms with Gasteiger partial charge >= 0.3 is 11.9 Å². The van der Waals surface area contributed by atoms with E-state index in [2.05, 4.69) is 0 Å². The van der Waals surface area contributed by atoms with Gasteiger partial charge in [-0.15, -0.1) is 0 Å². The van der Waals surface area contributed by atoms with Crippen molar-refractivity contribution < 1.29 is 14.3 Å². The summed E-state index contributed by atoms with van der Waals surface area (Å²) in [5.41, 5.74) is 0. The highest BCUT2D eigenvalue weighted by Gasteiger charge is 2.25. The molecule has 0 atom stereocenters. The molecule has 0 saturated heterocycles. The van der Waals surface area contributed by atoms with Crippen LogP contribution in [0.2, 0.25) is 0 Å². The first-order chi connectivity index (χ1) is 7.09. The van der Waals surface area contributed by atoms with Crippen molar-refractivity contribution in [3.63, 3.8) is 0 Å². The van der Waals surface area contributed by atoms with Gasteiger partial charge in [0, 0.05) is 26.4 Å². The third-order valence-electron chi connectivity index (χ3n) is 2.40. The van der Waals surface area contributed by atoms with Gasteiger partial charge in [0.25, 0.3) is 0 Å². The van der Waals surface area contributed by atoms with Crippen molar-refractivity contribution in [3.05, 3.63) is 12.3 Å². The first-order valence-corrected chi connectivity index (χ1v) is 5.20. The highest BCUT2D eigenvalue weighted by atomic mass is 16.6. The smallest absolute Gasteiger partial charge is 0.339 e. The summed E-state index contributed by atoms with van der Waals surface area (Å²) >= 11 is 0. The lowest BCUT2D eigenvalue weighted by Gasteiger charge is -2.06. The molecule has 0 radical (unpaired) electrons. The number of rotatable bonds is 3. The Bertz CT molecular complexity index is 265. The van der Waals surface area contributed by atoms with Crippen molar-refractivity contribution in [1.29, 1.82) is 0 Å². The van der Waals surface area contributed by atoms with Gasteiger partial charge < -0.3 is 9.64 Å². The number of esters is 2. The Balaban J connectivity index is 2.34. The molecule has 1 aliphatic rings. The fraction of sp³-hybridized carbons (Fsp3) is 0.636. The highest BCUT2D eigenvalue weighted by Crippen LogP contribution is 2.25. The summed E-state index contributed by atoms with van der Waals surface area (Å²) in [5, 5.41) is 0. The molecule has 1 rings (SSSR count). The van der Waals surface area contributed by atoms with Gasteiger partial charge in [0.1, 0.15) is 0 Å². The van der Waals surface area contributed by atoms with Crippen LogP contribution < -0.4 is 0 Å². The minimum absolute atomic E-state index is 0.0679. The summed E-state index contributed by atoms with van der Waals surface area (Å²) in [6.07, 6.45) is 6.63. The predicted octanol–water partition coefficient (Wildman–Crippen LogP) is 1.32. The van der Waals surface area contributed by atoms with Gasteiger partial charge in [0.2, 0.25) is 0 Å². The maximum Gasteiger partial charge on any atom is 0.339 e. The molecule has 0 bridgehead atoms. The molecule has 0 aliphatic heterocycles. The Morgan fingerprint density at radius 3 is 2.40 bits per heavy atom. The number of hydrogen-bond acceptors (Lipinski definition) is 4. The predicted molar refractivity (Wildman–Crippen MR) is 55.9 cm³/mol. The van der Waals surface area contributed by atoms with Crippen molar-refractivity contribution in [3.8, 4) is 0 Å². The topological polar surface area (TPSA) is 46.6 Å². The second-order valence-corrected chi connectivity index (χ2v) is 4.00. The van der Waals surface area contributed by atoms with E-state index in [-0.39, 0.29) is 11.9 Å². The van der Waals surface area contributed by atoms with Crippen LogP contribution in [0.4, 0.5) is 0 Å². The minimum atomic E-state index is -0.583. The van der Waals surface area contributed by atoms with Gasteiger partial charge in [-0.2, -0.15) is 0 Å². The second-order valence-electron chi connectivity index (χ2n) is 4.00. The van der Waals surface area contributed by atoms with Crippen LogP contribution in [0.25, 0.3) is 0 Å². The van der Waals surface area contributed by atoms with Crippen LogP contribution >= 0.6 is 0 Å². The van der Waals surface area contributed by atoms with Gasteiger partial charge in [-0.05, 0) is 12.8 Å². The summed E-state index contributed by atoms with van der Waals surface area (Å²) in [6, 6.07) is 0. The van der Waals surface area contributed by atoms with Crippen LogP contribution in [0.15, 0.2) is 12.3 Å². The zero-order valence-electron chi connectivity index (χ0n) is 9.23. The summed E-state index contributed by atoms with van der Waals surface area (Å²) in [4.78, 5) is 24.3. The van der Waals surface area contributed by atoms with E-state index >= 15 is 0 Å². The maximum absolute atomic E-state index is 11.4. The largest absolute Gasteiger partial charge is 0.390 e. The number of hydrogen-bond donors (Lipinski definition) is 0. The molecule has 0 amide bonds. The van der Waals surface area contributed by atoms with Crippen molar-refractivity contribution in [2.45, 2.75) is 25.7 Å². The van der Waals surface area contributed by atoms with E-state index in [4.69, 9.17) is 4.74 Å². The Morgan fingerprint density at radius 1 is 1.27 bits per heavy atom. The molecule has 0 spiro atoms. The molecule has 0 unspecified atom stereocenters. The number of carbonyl (C=O) groups is 2. The van der Waals surface area contributed by atoms with Gasteiger partial charge in [0.15, 0.2) is 0 Å². The molecule has 4 heteroatoms. The van der Waals surface area contributed by atoms with E-state index in [1.165, 1.54) is 6.08 Å². The molecular weight excluding hydrogens is 194 g/mol. The molecule has 1 aliphatic carbocycles. The molecule has 84 valence electrons. The quantitative estimate of drug-likeness (QED) is 0.401. The van der Waals surface area contributed by atoms with E-state index in [1.807, 2.05) is 0 Å². The molecular formula is C11H17NO3. The van der Waals surface area contributed by atoms with Crippen LogP contribution in [-0.4, -0.2) is 30.9 Å². The van der Waals surface area contributed by atoms with Crippen molar-refractivity contribution in [2.75, 3.05) is 14.1 Å². The first-order valence-electron chi connectivity index (χ1n) is 5.20. The van der Waals surface area contributed by atoms with Crippen LogP contribution in [0, 0.1) is 5.92 Å². The van der Waals surface area contributed by atoms with Crippen LogP contribution in [-0.2, 0) is 14.3 Å². The fourth-order valence-electron chi connectivity index (χ4n) is 1.59. The van der Waals surface area contributed by atoms with Crippen molar-refractivity contribution >= 4 is 11.9 Å². The maximum atomic E-state index is 11.4. The zero-order valence-corrected chi connectivity index (χ0v) is 9.23. The molecule has 0 aromatic heterocycles. The molecule has 0 N–H and O–H groups in total. The highest BCUT2D eigenvalue weighted by molar-refractivity contribution is 5.92. The molecule has 0 aromatic rings. The molecule has 15 heavy (non-hydrogen) atoms. The average Bonchev–Trinajstić information content (AvgIpc) is 2.67. The molecule has 4 nitrogen and oxygen atoms in total. The van der Waals surface area contributed by atoms with Gasteiger partial charge in [0.05, 0.1) is 5.92 Å². The van der Waals surface area contributed by atoms with Crippen LogP contribution in [0.3, 0.4) is 0 Å². The number of nitrogens with zero attached hydrogens (tertiary/aromatic N) is 1. The first kappa shape index (κ1) is 11.8. The molecule has 0 heterocycles. The molecule has 1 fully saturated rings. The van der Waals surface area contributed by atoms with Gasteiger partial charge in [-0.1, -0.05) is 12.8 Å². The van der Waals surface area contributed by atoms with E-state index < -0.39 is 5.97 Å². The number of ether oxygens (including phenoxy) is 1. The van der Waals surface area contributed by atoms with E-state index in [9.17, 15) is 9.59 Å². The van der Waals surface area contributed by atoms with E-state index in [0.29, 0.717) is 0 Å². The third-order valence-corrected chi connectivity index (χ3v) is 2.40. The van der Waals surface area contributed by atoms with E-state index in [1.54, 1.807) is 25.2 Å². The Labute approximate surface area is 89.9 Å². The van der Waals surface area contributed by atoms with Crippen molar-refractivity contribution in [1.82, 2.24) is 4.90 Å². The lowest BCUT2D eigenvalue weighted by molar-refractivity contribution is -0.159. The monoisotopic (exact) mass is 211 g/mol. The standard InChI is InChI=1S/C11H17NO3/c1-12(2)8-7-10(13)15-11(14)9-5-3-4-6-9/h7-9H,3-6H2,1-2H3. The molecule has 1 saturated carbocycles. The van der Waals surface area contributed by atoms with Crippen LogP contribution in [0.1, 0.15) is 25.7 Å². The van der Waals surface area contributed by atoms with E-state index in [0.717, 1.165) is 25.7 Å². The van der Waals surface area contributed by atoms with Gasteiger partial charge in [-0.3, -0.25) is 4.79 Å². The summed E-state index contributed by atoms with van der Waals surface area (Å²) in [7, 11) is 3.59. The van der Waals surface area contributed by atoms with Crippen LogP contribution in [0.5, 0.6) is 0 Å². The summed E-state index contributed by atoms with van der Waals surface area (Å²) in [5.74, 6) is -1.02. The molecule has 0 aromatic carbocycles. The number of carbonyl (C=O) groups excluding carboxylic acids is 2. The summed E-state index contributed by atoms with van der Waals surface area (Å²) in [6.45, 7) is 0. The second kappa shape index (κ2) is 5.53. The third kappa shape index (κ3) is 4.14. The lowest BCUT2D eigenvalue weighted by Crippen LogP contribution is -2.18.